The van der Waals surface area contributed by atoms with Gasteiger partial charge in [0.15, 0.2) is 11.6 Å². The molecule has 0 saturated heterocycles. The molecule has 1 aromatic rings. The fourth-order valence-electron chi connectivity index (χ4n) is 0.710. The number of aliphatic hydroxyl groups excluding tert-OH is 1. The molecule has 0 aliphatic rings. The van der Waals surface area contributed by atoms with Crippen LogP contribution in [0.25, 0.3) is 0 Å². The molecule has 0 unspecified atom stereocenters. The van der Waals surface area contributed by atoms with Gasteiger partial charge in [0.1, 0.15) is 6.61 Å². The standard InChI is InChI=1S/C8H6ClFO3/c9-5-1-2-6(10)7(3-5)13-8(12)4-11/h1-3,11H,4H2. The third-order valence-corrected chi connectivity index (χ3v) is 1.48. The van der Waals surface area contributed by atoms with E-state index >= 15 is 0 Å². The van der Waals surface area contributed by atoms with Crippen LogP contribution >= 0.6 is 11.6 Å². The first kappa shape index (κ1) is 9.95. The fraction of sp³-hybridized carbons (Fsp3) is 0.125. The van der Waals surface area contributed by atoms with Crippen molar-refractivity contribution in [2.24, 2.45) is 0 Å². The van der Waals surface area contributed by atoms with E-state index in [2.05, 4.69) is 4.74 Å². The Balaban J connectivity index is 2.87. The average Bonchev–Trinajstić information content (AvgIpc) is 2.11. The maximum absolute atomic E-state index is 12.8. The molecule has 3 nitrogen and oxygen atoms in total. The number of benzene rings is 1. The van der Waals surface area contributed by atoms with Crippen LogP contribution in [0.4, 0.5) is 4.39 Å². The molecule has 1 N–H and O–H groups in total. The highest BCUT2D eigenvalue weighted by atomic mass is 35.5. The van der Waals surface area contributed by atoms with Crippen LogP contribution in [0.2, 0.25) is 5.02 Å². The van der Waals surface area contributed by atoms with E-state index in [4.69, 9.17) is 16.7 Å². The van der Waals surface area contributed by atoms with Crippen molar-refractivity contribution < 1.29 is 19.0 Å². The Morgan fingerprint density at radius 3 is 2.92 bits per heavy atom. The monoisotopic (exact) mass is 204 g/mol. The first-order valence-electron chi connectivity index (χ1n) is 3.40. The predicted octanol–water partition coefficient (Wildman–Crippen LogP) is 1.38. The number of esters is 1. The van der Waals surface area contributed by atoms with Crippen molar-refractivity contribution in [1.29, 1.82) is 0 Å². The Morgan fingerprint density at radius 1 is 1.62 bits per heavy atom. The van der Waals surface area contributed by atoms with Crippen LogP contribution < -0.4 is 4.74 Å². The summed E-state index contributed by atoms with van der Waals surface area (Å²) in [5, 5.41) is 8.58. The first-order valence-corrected chi connectivity index (χ1v) is 3.78. The highest BCUT2D eigenvalue weighted by Gasteiger charge is 2.08. The predicted molar refractivity (Wildman–Crippen MR) is 44.1 cm³/mol. The number of hydrogen-bond acceptors (Lipinski definition) is 3. The molecule has 0 saturated carbocycles. The molecule has 0 bridgehead atoms. The minimum absolute atomic E-state index is 0.252. The molecule has 0 heterocycles. The lowest BCUT2D eigenvalue weighted by Gasteiger charge is -2.03. The number of halogens is 2. The van der Waals surface area contributed by atoms with Gasteiger partial charge in [-0.3, -0.25) is 0 Å². The summed E-state index contributed by atoms with van der Waals surface area (Å²) in [7, 11) is 0. The SMILES string of the molecule is O=C(CO)Oc1cc(Cl)ccc1F. The van der Waals surface area contributed by atoms with Crippen molar-refractivity contribution in [3.8, 4) is 5.75 Å². The van der Waals surface area contributed by atoms with E-state index in [0.717, 1.165) is 12.1 Å². The highest BCUT2D eigenvalue weighted by molar-refractivity contribution is 6.30. The summed E-state index contributed by atoms with van der Waals surface area (Å²) in [6.07, 6.45) is 0. The molecule has 1 rings (SSSR count). The quantitative estimate of drug-likeness (QED) is 0.585. The zero-order valence-corrected chi connectivity index (χ0v) is 7.21. The molecule has 0 spiro atoms. The molecular weight excluding hydrogens is 199 g/mol. The van der Waals surface area contributed by atoms with Crippen LogP contribution in [0.15, 0.2) is 18.2 Å². The first-order chi connectivity index (χ1) is 6.13. The number of carbonyl (C=O) groups is 1. The smallest absolute Gasteiger partial charge is 0.337 e. The maximum Gasteiger partial charge on any atom is 0.337 e. The van der Waals surface area contributed by atoms with E-state index in [1.807, 2.05) is 0 Å². The van der Waals surface area contributed by atoms with Gasteiger partial charge in [-0.2, -0.15) is 0 Å². The summed E-state index contributed by atoms with van der Waals surface area (Å²) >= 11 is 5.52. The van der Waals surface area contributed by atoms with Crippen molar-refractivity contribution in [3.63, 3.8) is 0 Å². The average molecular weight is 205 g/mol. The van der Waals surface area contributed by atoms with Crippen LogP contribution in [0, 0.1) is 5.82 Å². The summed E-state index contributed by atoms with van der Waals surface area (Å²) in [4.78, 5) is 10.6. The minimum atomic E-state index is -0.929. The van der Waals surface area contributed by atoms with Gasteiger partial charge in [0.25, 0.3) is 0 Å². The van der Waals surface area contributed by atoms with Crippen LogP contribution in [0.3, 0.4) is 0 Å². The van der Waals surface area contributed by atoms with Gasteiger partial charge < -0.3 is 9.84 Å². The van der Waals surface area contributed by atoms with E-state index < -0.39 is 18.4 Å². The van der Waals surface area contributed by atoms with Gasteiger partial charge in [0.2, 0.25) is 0 Å². The van der Waals surface area contributed by atoms with Gasteiger partial charge in [0.05, 0.1) is 0 Å². The second-order valence-electron chi connectivity index (χ2n) is 2.21. The molecule has 0 radical (unpaired) electrons. The minimum Gasteiger partial charge on any atom is -0.422 e. The molecule has 70 valence electrons. The molecule has 1 aromatic carbocycles. The van der Waals surface area contributed by atoms with Gasteiger partial charge >= 0.3 is 5.97 Å². The zero-order valence-electron chi connectivity index (χ0n) is 6.46. The van der Waals surface area contributed by atoms with Crippen LogP contribution in [0.1, 0.15) is 0 Å². The van der Waals surface area contributed by atoms with Crippen LogP contribution in [-0.4, -0.2) is 17.7 Å². The van der Waals surface area contributed by atoms with Crippen molar-refractivity contribution >= 4 is 17.6 Å². The second-order valence-corrected chi connectivity index (χ2v) is 2.64. The largest absolute Gasteiger partial charge is 0.422 e. The van der Waals surface area contributed by atoms with Crippen molar-refractivity contribution in [2.45, 2.75) is 0 Å². The van der Waals surface area contributed by atoms with E-state index in [1.165, 1.54) is 6.07 Å². The van der Waals surface area contributed by atoms with Crippen molar-refractivity contribution in [2.75, 3.05) is 6.61 Å². The van der Waals surface area contributed by atoms with Gasteiger partial charge in [-0.15, -0.1) is 0 Å². The lowest BCUT2D eigenvalue weighted by atomic mass is 10.3. The number of carbonyl (C=O) groups excluding carboxylic acids is 1. The Labute approximate surface area is 78.7 Å². The fourth-order valence-corrected chi connectivity index (χ4v) is 0.872. The van der Waals surface area contributed by atoms with Gasteiger partial charge in [-0.1, -0.05) is 11.6 Å². The summed E-state index contributed by atoms with van der Waals surface area (Å²) in [5.74, 6) is -1.92. The zero-order chi connectivity index (χ0) is 9.84. The van der Waals surface area contributed by atoms with Crippen LogP contribution in [0.5, 0.6) is 5.75 Å². The number of ether oxygens (including phenoxy) is 1. The molecule has 0 aliphatic carbocycles. The van der Waals surface area contributed by atoms with E-state index in [0.29, 0.717) is 0 Å². The van der Waals surface area contributed by atoms with E-state index in [9.17, 15) is 9.18 Å². The summed E-state index contributed by atoms with van der Waals surface area (Å²) < 4.78 is 17.3. The summed E-state index contributed by atoms with van der Waals surface area (Å²) in [6.45, 7) is -0.800. The van der Waals surface area contributed by atoms with Crippen LogP contribution in [-0.2, 0) is 4.79 Å². The Hall–Kier alpha value is -1.13. The molecular formula is C8H6ClFO3. The summed E-state index contributed by atoms with van der Waals surface area (Å²) in [5.41, 5.74) is 0. The molecule has 5 heteroatoms. The number of rotatable bonds is 2. The van der Waals surface area contributed by atoms with Gasteiger partial charge in [-0.05, 0) is 12.1 Å². The Bertz CT molecular complexity index is 327. The Kier molecular flexibility index (Phi) is 3.22. The van der Waals surface area contributed by atoms with Crippen molar-refractivity contribution in [3.05, 3.63) is 29.0 Å². The molecule has 13 heavy (non-hydrogen) atoms. The topological polar surface area (TPSA) is 46.5 Å². The Morgan fingerprint density at radius 2 is 2.31 bits per heavy atom. The third kappa shape index (κ3) is 2.68. The number of aliphatic hydroxyl groups is 1. The lowest BCUT2D eigenvalue weighted by Crippen LogP contribution is -2.12. The lowest BCUT2D eigenvalue weighted by molar-refractivity contribution is -0.137. The summed E-state index contributed by atoms with van der Waals surface area (Å²) in [6, 6.07) is 3.56. The van der Waals surface area contributed by atoms with Crippen molar-refractivity contribution in [1.82, 2.24) is 0 Å². The van der Waals surface area contributed by atoms with E-state index in [1.54, 1.807) is 0 Å². The third-order valence-electron chi connectivity index (χ3n) is 1.25. The normalized spacial score (nSPS) is 9.77. The number of hydrogen-bond donors (Lipinski definition) is 1. The van der Waals surface area contributed by atoms with Gasteiger partial charge in [-0.25, -0.2) is 9.18 Å². The van der Waals surface area contributed by atoms with Gasteiger partial charge in [0, 0.05) is 11.1 Å². The molecule has 0 aromatic heterocycles. The van der Waals surface area contributed by atoms with E-state index in [-0.39, 0.29) is 10.8 Å². The maximum atomic E-state index is 12.8. The highest BCUT2D eigenvalue weighted by Crippen LogP contribution is 2.21. The molecule has 0 amide bonds. The second kappa shape index (κ2) is 4.20. The molecule has 0 atom stereocenters. The molecule has 0 aliphatic heterocycles. The molecule has 0 fully saturated rings.